The van der Waals surface area contributed by atoms with Crippen LogP contribution in [0.15, 0.2) is 22.8 Å². The van der Waals surface area contributed by atoms with Gasteiger partial charge in [-0.1, -0.05) is 0 Å². The molecule has 3 nitrogen and oxygen atoms in total. The average Bonchev–Trinajstić information content (AvgIpc) is 2.66. The third kappa shape index (κ3) is 2.93. The average molecular weight is 319 g/mol. The highest BCUT2D eigenvalue weighted by molar-refractivity contribution is 9.10. The predicted molar refractivity (Wildman–Crippen MR) is 71.1 cm³/mol. The summed E-state index contributed by atoms with van der Waals surface area (Å²) in [6, 6.07) is 4.20. The molecule has 2 aromatic heterocycles. The van der Waals surface area contributed by atoms with Gasteiger partial charge in [-0.25, -0.2) is 4.98 Å². The second-order valence-corrected chi connectivity index (χ2v) is 5.77. The molecule has 1 N–H and O–H groups in total. The summed E-state index contributed by atoms with van der Waals surface area (Å²) in [5, 5.41) is 3.45. The summed E-state index contributed by atoms with van der Waals surface area (Å²) < 4.78 is 0.810. The van der Waals surface area contributed by atoms with Crippen molar-refractivity contribution in [2.24, 2.45) is 0 Å². The summed E-state index contributed by atoms with van der Waals surface area (Å²) in [4.78, 5) is 10.5. The lowest BCUT2D eigenvalue weighted by Crippen LogP contribution is -2.01. The first kappa shape index (κ1) is 11.8. The molecule has 0 spiro atoms. The molecule has 0 radical (unpaired) electrons. The van der Waals surface area contributed by atoms with E-state index < -0.39 is 0 Å². The molecule has 0 bridgehead atoms. The van der Waals surface area contributed by atoms with Gasteiger partial charge in [0.2, 0.25) is 5.28 Å². The molecule has 0 aliphatic heterocycles. The van der Waals surface area contributed by atoms with E-state index in [4.69, 9.17) is 11.6 Å². The van der Waals surface area contributed by atoms with Gasteiger partial charge in [0.25, 0.3) is 0 Å². The Hall–Kier alpha value is -0.650. The lowest BCUT2D eigenvalue weighted by Gasteiger charge is -2.05. The van der Waals surface area contributed by atoms with Crippen molar-refractivity contribution < 1.29 is 0 Å². The van der Waals surface area contributed by atoms with E-state index in [0.717, 1.165) is 11.0 Å². The second kappa shape index (κ2) is 5.12. The van der Waals surface area contributed by atoms with Gasteiger partial charge in [0.05, 0.1) is 11.0 Å². The monoisotopic (exact) mass is 317 g/mol. The fourth-order valence-corrected chi connectivity index (χ4v) is 2.52. The number of halogens is 2. The van der Waals surface area contributed by atoms with Gasteiger partial charge in [-0.3, -0.25) is 0 Å². The van der Waals surface area contributed by atoms with Crippen molar-refractivity contribution in [2.45, 2.75) is 13.5 Å². The molecule has 0 saturated carbocycles. The maximum Gasteiger partial charge on any atom is 0.224 e. The summed E-state index contributed by atoms with van der Waals surface area (Å²) >= 11 is 10.9. The van der Waals surface area contributed by atoms with Crippen molar-refractivity contribution in [2.75, 3.05) is 5.32 Å². The molecule has 84 valence electrons. The van der Waals surface area contributed by atoms with Gasteiger partial charge in [-0.05, 0) is 46.6 Å². The van der Waals surface area contributed by atoms with Crippen molar-refractivity contribution in [3.8, 4) is 0 Å². The first-order valence-corrected chi connectivity index (χ1v) is 6.61. The number of hydrogen-bond acceptors (Lipinski definition) is 4. The largest absolute Gasteiger partial charge is 0.364 e. The van der Waals surface area contributed by atoms with Gasteiger partial charge in [0, 0.05) is 16.0 Å². The van der Waals surface area contributed by atoms with Crippen LogP contribution < -0.4 is 5.32 Å². The number of aromatic nitrogens is 2. The van der Waals surface area contributed by atoms with E-state index in [0.29, 0.717) is 5.82 Å². The molecule has 6 heteroatoms. The molecule has 0 atom stereocenters. The molecule has 0 unspecified atom stereocenters. The minimum atomic E-state index is 0.244. The van der Waals surface area contributed by atoms with E-state index >= 15 is 0 Å². The highest BCUT2D eigenvalue weighted by Crippen LogP contribution is 2.22. The molecule has 0 saturated heterocycles. The van der Waals surface area contributed by atoms with Crippen LogP contribution >= 0.6 is 38.9 Å². The Kier molecular flexibility index (Phi) is 3.78. The van der Waals surface area contributed by atoms with E-state index in [1.807, 2.05) is 0 Å². The normalized spacial score (nSPS) is 10.4. The van der Waals surface area contributed by atoms with Crippen molar-refractivity contribution in [1.82, 2.24) is 9.97 Å². The van der Waals surface area contributed by atoms with Crippen LogP contribution in [0, 0.1) is 6.92 Å². The standard InChI is InChI=1S/C10H9BrClN3S/c1-6-2-3-7(16-6)4-13-9-8(11)5-14-10(12)15-9/h2-3,5H,4H2,1H3,(H,13,14,15). The second-order valence-electron chi connectivity index (χ2n) is 3.20. The molecular formula is C10H9BrClN3S. The fourth-order valence-electron chi connectivity index (χ4n) is 1.22. The van der Waals surface area contributed by atoms with E-state index in [2.05, 4.69) is 50.3 Å². The molecule has 0 amide bonds. The highest BCUT2D eigenvalue weighted by Gasteiger charge is 2.04. The van der Waals surface area contributed by atoms with Gasteiger partial charge < -0.3 is 5.32 Å². The molecule has 2 heterocycles. The molecule has 0 aliphatic carbocycles. The summed E-state index contributed by atoms with van der Waals surface area (Å²) in [5.41, 5.74) is 0. The lowest BCUT2D eigenvalue weighted by atomic mass is 10.4. The van der Waals surface area contributed by atoms with Crippen LogP contribution in [0.25, 0.3) is 0 Å². The Bertz CT molecular complexity index is 501. The van der Waals surface area contributed by atoms with Crippen molar-refractivity contribution in [3.05, 3.63) is 37.8 Å². The van der Waals surface area contributed by atoms with E-state index in [9.17, 15) is 0 Å². The fraction of sp³-hybridized carbons (Fsp3) is 0.200. The molecule has 2 aromatic rings. The Morgan fingerprint density at radius 1 is 1.50 bits per heavy atom. The third-order valence-electron chi connectivity index (χ3n) is 1.94. The minimum Gasteiger partial charge on any atom is -0.364 e. The highest BCUT2D eigenvalue weighted by atomic mass is 79.9. The van der Waals surface area contributed by atoms with Crippen molar-refractivity contribution in [3.63, 3.8) is 0 Å². The quantitative estimate of drug-likeness (QED) is 0.873. The van der Waals surface area contributed by atoms with Crippen molar-refractivity contribution in [1.29, 1.82) is 0 Å². The first-order valence-electron chi connectivity index (χ1n) is 4.62. The van der Waals surface area contributed by atoms with E-state index in [-0.39, 0.29) is 5.28 Å². The minimum absolute atomic E-state index is 0.244. The van der Waals surface area contributed by atoms with E-state index in [1.54, 1.807) is 17.5 Å². The zero-order valence-corrected chi connectivity index (χ0v) is 11.7. The number of nitrogens with zero attached hydrogens (tertiary/aromatic N) is 2. The number of nitrogens with one attached hydrogen (secondary N) is 1. The SMILES string of the molecule is Cc1ccc(CNc2nc(Cl)ncc2Br)s1. The summed E-state index contributed by atoms with van der Waals surface area (Å²) in [6.45, 7) is 2.83. The molecule has 0 aromatic carbocycles. The van der Waals surface area contributed by atoms with Crippen LogP contribution in [-0.2, 0) is 6.54 Å². The van der Waals surface area contributed by atoms with Crippen LogP contribution in [0.3, 0.4) is 0 Å². The number of hydrogen-bond donors (Lipinski definition) is 1. The van der Waals surface area contributed by atoms with Gasteiger partial charge in [-0.2, -0.15) is 4.98 Å². The van der Waals surface area contributed by atoms with Gasteiger partial charge in [-0.15, -0.1) is 11.3 Å². The van der Waals surface area contributed by atoms with E-state index in [1.165, 1.54) is 9.75 Å². The van der Waals surface area contributed by atoms with Crippen LogP contribution in [0.5, 0.6) is 0 Å². The number of rotatable bonds is 3. The third-order valence-corrected chi connectivity index (χ3v) is 3.70. The summed E-state index contributed by atoms with van der Waals surface area (Å²) in [7, 11) is 0. The smallest absolute Gasteiger partial charge is 0.224 e. The van der Waals surface area contributed by atoms with Crippen LogP contribution in [0.1, 0.15) is 9.75 Å². The lowest BCUT2D eigenvalue weighted by molar-refractivity contribution is 1.09. The number of aryl methyl sites for hydroxylation is 1. The zero-order valence-electron chi connectivity index (χ0n) is 8.50. The predicted octanol–water partition coefficient (Wildman–Crippen LogP) is 3.87. The Labute approximate surface area is 111 Å². The molecular weight excluding hydrogens is 310 g/mol. The Morgan fingerprint density at radius 2 is 2.31 bits per heavy atom. The maximum atomic E-state index is 5.72. The number of anilines is 1. The van der Waals surface area contributed by atoms with Crippen molar-refractivity contribution >= 4 is 44.7 Å². The van der Waals surface area contributed by atoms with Gasteiger partial charge in [0.15, 0.2) is 0 Å². The molecule has 0 fully saturated rings. The number of thiophene rings is 1. The van der Waals surface area contributed by atoms with Crippen LogP contribution in [0.2, 0.25) is 5.28 Å². The molecule has 2 rings (SSSR count). The summed E-state index contributed by atoms with van der Waals surface area (Å²) in [6.07, 6.45) is 1.64. The Morgan fingerprint density at radius 3 is 3.00 bits per heavy atom. The topological polar surface area (TPSA) is 37.8 Å². The zero-order chi connectivity index (χ0) is 11.5. The molecule has 0 aliphatic rings. The van der Waals surface area contributed by atoms with Gasteiger partial charge in [0.1, 0.15) is 5.82 Å². The Balaban J connectivity index is 2.07. The maximum absolute atomic E-state index is 5.72. The summed E-state index contributed by atoms with van der Waals surface area (Å²) in [5.74, 6) is 0.714. The van der Waals surface area contributed by atoms with Crippen LogP contribution in [-0.4, -0.2) is 9.97 Å². The first-order chi connectivity index (χ1) is 7.65. The molecule has 16 heavy (non-hydrogen) atoms. The van der Waals surface area contributed by atoms with Gasteiger partial charge >= 0.3 is 0 Å². The van der Waals surface area contributed by atoms with Crippen LogP contribution in [0.4, 0.5) is 5.82 Å².